The molecule has 0 spiro atoms. The summed E-state index contributed by atoms with van der Waals surface area (Å²) in [6.45, 7) is 0.870. The van der Waals surface area contributed by atoms with Crippen molar-refractivity contribution < 1.29 is 19.1 Å². The number of nitrogens with zero attached hydrogens (tertiary/aromatic N) is 1. The monoisotopic (exact) mass is 333 g/mol. The quantitative estimate of drug-likeness (QED) is 0.813. The molecule has 1 saturated heterocycles. The third kappa shape index (κ3) is 5.06. The summed E-state index contributed by atoms with van der Waals surface area (Å²) >= 11 is 0. The summed E-state index contributed by atoms with van der Waals surface area (Å²) in [4.78, 5) is 37.1. The van der Waals surface area contributed by atoms with Crippen LogP contribution in [0.4, 0.5) is 5.69 Å². The number of benzene rings is 1. The van der Waals surface area contributed by atoms with E-state index in [1.54, 1.807) is 38.4 Å². The molecular formula is C17H23N3O4. The van der Waals surface area contributed by atoms with Crippen LogP contribution in [0, 0.1) is 0 Å². The van der Waals surface area contributed by atoms with Gasteiger partial charge in [-0.25, -0.2) is 0 Å². The molecule has 2 N–H and O–H groups in total. The maximum absolute atomic E-state index is 12.1. The predicted octanol–water partition coefficient (Wildman–Crippen LogP) is 1.01. The van der Waals surface area contributed by atoms with Crippen molar-refractivity contribution in [3.63, 3.8) is 0 Å². The number of ether oxygens (including phenoxy) is 1. The average Bonchev–Trinajstić information content (AvgIpc) is 3.09. The van der Waals surface area contributed by atoms with Crippen molar-refractivity contribution >= 4 is 23.4 Å². The van der Waals surface area contributed by atoms with E-state index in [9.17, 15) is 14.4 Å². The summed E-state index contributed by atoms with van der Waals surface area (Å²) in [7, 11) is 3.34. The van der Waals surface area contributed by atoms with E-state index in [0.717, 1.165) is 6.42 Å². The first-order valence-electron chi connectivity index (χ1n) is 7.98. The Morgan fingerprint density at radius 2 is 2.08 bits per heavy atom. The zero-order valence-corrected chi connectivity index (χ0v) is 14.0. The molecule has 0 radical (unpaired) electrons. The van der Waals surface area contributed by atoms with Gasteiger partial charge in [0.15, 0.2) is 0 Å². The van der Waals surface area contributed by atoms with Gasteiger partial charge in [0.25, 0.3) is 11.8 Å². The summed E-state index contributed by atoms with van der Waals surface area (Å²) in [5, 5.41) is 5.46. The fraction of sp³-hybridized carbons (Fsp3) is 0.471. The highest BCUT2D eigenvalue weighted by Crippen LogP contribution is 2.16. The zero-order chi connectivity index (χ0) is 17.5. The SMILES string of the molecule is CN(C)C(=O)CCNC(=O)c1cccc(NC(=O)[C@H]2CCCO2)c1. The molecule has 1 heterocycles. The first kappa shape index (κ1) is 17.9. The summed E-state index contributed by atoms with van der Waals surface area (Å²) in [6.07, 6.45) is 1.42. The molecule has 0 aliphatic carbocycles. The molecule has 1 aliphatic heterocycles. The van der Waals surface area contributed by atoms with Crippen LogP contribution in [-0.4, -0.2) is 56.0 Å². The van der Waals surface area contributed by atoms with Gasteiger partial charge in [0.2, 0.25) is 5.91 Å². The van der Waals surface area contributed by atoms with Crippen LogP contribution in [0.15, 0.2) is 24.3 Å². The Hall–Kier alpha value is -2.41. The van der Waals surface area contributed by atoms with Gasteiger partial charge in [-0.15, -0.1) is 0 Å². The molecule has 2 rings (SSSR count). The van der Waals surface area contributed by atoms with Crippen molar-refractivity contribution in [2.45, 2.75) is 25.4 Å². The van der Waals surface area contributed by atoms with Gasteiger partial charge in [-0.3, -0.25) is 14.4 Å². The minimum absolute atomic E-state index is 0.0483. The van der Waals surface area contributed by atoms with E-state index in [2.05, 4.69) is 10.6 Å². The van der Waals surface area contributed by atoms with Crippen molar-refractivity contribution in [3.8, 4) is 0 Å². The molecule has 7 heteroatoms. The topological polar surface area (TPSA) is 87.7 Å². The standard InChI is InChI=1S/C17H23N3O4/c1-20(2)15(21)8-9-18-16(22)12-5-3-6-13(11-12)19-17(23)14-7-4-10-24-14/h3,5-6,11,14H,4,7-10H2,1-2H3,(H,18,22)(H,19,23)/t14-/m1/s1. The van der Waals surface area contributed by atoms with Crippen molar-refractivity contribution in [1.82, 2.24) is 10.2 Å². The van der Waals surface area contributed by atoms with Gasteiger partial charge in [0.1, 0.15) is 6.10 Å². The minimum Gasteiger partial charge on any atom is -0.368 e. The van der Waals surface area contributed by atoms with E-state index in [1.165, 1.54) is 4.90 Å². The normalized spacial score (nSPS) is 16.5. The van der Waals surface area contributed by atoms with E-state index in [-0.39, 0.29) is 30.7 Å². The van der Waals surface area contributed by atoms with Crippen LogP contribution in [0.1, 0.15) is 29.6 Å². The van der Waals surface area contributed by atoms with Crippen LogP contribution < -0.4 is 10.6 Å². The fourth-order valence-electron chi connectivity index (χ4n) is 2.35. The second-order valence-electron chi connectivity index (χ2n) is 5.87. The number of carbonyl (C=O) groups is 3. The third-order valence-electron chi connectivity index (χ3n) is 3.74. The van der Waals surface area contributed by atoms with Crippen molar-refractivity contribution in [1.29, 1.82) is 0 Å². The van der Waals surface area contributed by atoms with E-state index in [4.69, 9.17) is 4.74 Å². The molecule has 1 aromatic rings. The Kier molecular flexibility index (Phi) is 6.31. The Bertz CT molecular complexity index is 610. The van der Waals surface area contributed by atoms with Crippen LogP contribution >= 0.6 is 0 Å². The predicted molar refractivity (Wildman–Crippen MR) is 89.7 cm³/mol. The van der Waals surface area contributed by atoms with E-state index >= 15 is 0 Å². The second-order valence-corrected chi connectivity index (χ2v) is 5.87. The number of nitrogens with one attached hydrogen (secondary N) is 2. The summed E-state index contributed by atoms with van der Waals surface area (Å²) in [5.74, 6) is -0.524. The maximum Gasteiger partial charge on any atom is 0.253 e. The summed E-state index contributed by atoms with van der Waals surface area (Å²) in [5.41, 5.74) is 0.977. The lowest BCUT2D eigenvalue weighted by Gasteiger charge is -2.12. The first-order chi connectivity index (χ1) is 11.5. The number of carbonyl (C=O) groups excluding carboxylic acids is 3. The van der Waals surface area contributed by atoms with E-state index < -0.39 is 6.10 Å². The smallest absolute Gasteiger partial charge is 0.253 e. The lowest BCUT2D eigenvalue weighted by atomic mass is 10.1. The van der Waals surface area contributed by atoms with Gasteiger partial charge < -0.3 is 20.3 Å². The van der Waals surface area contributed by atoms with Crippen molar-refractivity contribution in [3.05, 3.63) is 29.8 Å². The molecule has 130 valence electrons. The molecular weight excluding hydrogens is 310 g/mol. The number of rotatable bonds is 6. The molecule has 0 bridgehead atoms. The fourth-order valence-corrected chi connectivity index (χ4v) is 2.35. The molecule has 0 unspecified atom stereocenters. The van der Waals surface area contributed by atoms with Gasteiger partial charge >= 0.3 is 0 Å². The largest absolute Gasteiger partial charge is 0.368 e. The molecule has 24 heavy (non-hydrogen) atoms. The van der Waals surface area contributed by atoms with Gasteiger partial charge in [0.05, 0.1) is 0 Å². The Labute approximate surface area is 141 Å². The molecule has 1 atom stereocenters. The molecule has 1 aliphatic rings. The second kappa shape index (κ2) is 8.44. The zero-order valence-electron chi connectivity index (χ0n) is 14.0. The van der Waals surface area contributed by atoms with Crippen LogP contribution in [0.5, 0.6) is 0 Å². The molecule has 1 fully saturated rings. The van der Waals surface area contributed by atoms with Crippen LogP contribution in [0.2, 0.25) is 0 Å². The third-order valence-corrected chi connectivity index (χ3v) is 3.74. The van der Waals surface area contributed by atoms with Crippen LogP contribution in [0.25, 0.3) is 0 Å². The highest BCUT2D eigenvalue weighted by Gasteiger charge is 2.23. The molecule has 0 aromatic heterocycles. The summed E-state index contributed by atoms with van der Waals surface area (Å²) in [6, 6.07) is 6.69. The number of amides is 3. The van der Waals surface area contributed by atoms with E-state index in [1.807, 2.05) is 0 Å². The van der Waals surface area contributed by atoms with Gasteiger partial charge in [-0.2, -0.15) is 0 Å². The number of hydrogen-bond acceptors (Lipinski definition) is 4. The molecule has 0 saturated carbocycles. The Morgan fingerprint density at radius 3 is 2.75 bits per heavy atom. The van der Waals surface area contributed by atoms with Gasteiger partial charge in [-0.1, -0.05) is 6.07 Å². The highest BCUT2D eigenvalue weighted by molar-refractivity contribution is 5.98. The number of anilines is 1. The van der Waals surface area contributed by atoms with Crippen LogP contribution in [-0.2, 0) is 14.3 Å². The summed E-state index contributed by atoms with van der Waals surface area (Å²) < 4.78 is 5.33. The van der Waals surface area contributed by atoms with Crippen molar-refractivity contribution in [2.75, 3.05) is 32.6 Å². The average molecular weight is 333 g/mol. The molecule has 1 aromatic carbocycles. The first-order valence-corrected chi connectivity index (χ1v) is 7.98. The van der Waals surface area contributed by atoms with Gasteiger partial charge in [0, 0.05) is 44.9 Å². The highest BCUT2D eigenvalue weighted by atomic mass is 16.5. The van der Waals surface area contributed by atoms with Crippen LogP contribution in [0.3, 0.4) is 0 Å². The molecule has 7 nitrogen and oxygen atoms in total. The van der Waals surface area contributed by atoms with Gasteiger partial charge in [-0.05, 0) is 31.0 Å². The van der Waals surface area contributed by atoms with E-state index in [0.29, 0.717) is 24.3 Å². The minimum atomic E-state index is -0.417. The van der Waals surface area contributed by atoms with Crippen molar-refractivity contribution in [2.24, 2.45) is 0 Å². The Morgan fingerprint density at radius 1 is 1.29 bits per heavy atom. The maximum atomic E-state index is 12.1. The molecule has 3 amide bonds. The Balaban J connectivity index is 1.88. The number of hydrogen-bond donors (Lipinski definition) is 2. The lowest BCUT2D eigenvalue weighted by molar-refractivity contribution is -0.128. The lowest BCUT2D eigenvalue weighted by Crippen LogP contribution is -2.30.